The number of amides is 1. The van der Waals surface area contributed by atoms with Crippen LogP contribution in [-0.2, 0) is 10.0 Å². The Labute approximate surface area is 173 Å². The summed E-state index contributed by atoms with van der Waals surface area (Å²) < 4.78 is 47.3. The fraction of sp³-hybridized carbons (Fsp3) is 0.350. The number of carbonyl (C=O) groups is 1. The number of benzene rings is 2. The smallest absolute Gasteiger partial charge is 0.258 e. The molecule has 0 unspecified atom stereocenters. The van der Waals surface area contributed by atoms with Crippen molar-refractivity contribution in [2.24, 2.45) is 0 Å². The lowest BCUT2D eigenvalue weighted by atomic mass is 10.1. The van der Waals surface area contributed by atoms with Gasteiger partial charge in [0.2, 0.25) is 10.0 Å². The van der Waals surface area contributed by atoms with Gasteiger partial charge < -0.3 is 4.74 Å². The number of carbonyl (C=O) groups excluding carboxylic acids is 1. The molecule has 1 amide bonds. The number of halogens is 2. The van der Waals surface area contributed by atoms with E-state index in [9.17, 15) is 17.6 Å². The highest BCUT2D eigenvalue weighted by atomic mass is 35.5. The average molecular weight is 439 g/mol. The Morgan fingerprint density at radius 3 is 2.59 bits per heavy atom. The van der Waals surface area contributed by atoms with Crippen LogP contribution in [-0.4, -0.2) is 44.9 Å². The van der Waals surface area contributed by atoms with Crippen LogP contribution in [0.25, 0.3) is 0 Å². The number of ether oxygens (including phenoxy) is 1. The molecule has 2 aromatic carbocycles. The summed E-state index contributed by atoms with van der Waals surface area (Å²) in [6.45, 7) is 1.23. The molecular formula is C20H20ClFN2O4S. The number of piperidine rings is 1. The van der Waals surface area contributed by atoms with Crippen LogP contribution >= 0.6 is 11.6 Å². The Hall–Kier alpha value is -2.16. The van der Waals surface area contributed by atoms with Gasteiger partial charge in [0.25, 0.3) is 5.91 Å². The Morgan fingerprint density at radius 2 is 1.83 bits per heavy atom. The molecule has 1 saturated heterocycles. The van der Waals surface area contributed by atoms with Crippen LogP contribution in [0, 0.1) is 5.82 Å². The van der Waals surface area contributed by atoms with Crippen LogP contribution in [0.4, 0.5) is 10.1 Å². The molecule has 0 N–H and O–H groups in total. The first kappa shape index (κ1) is 20.1. The van der Waals surface area contributed by atoms with Crippen LogP contribution in [0.5, 0.6) is 5.75 Å². The fourth-order valence-corrected chi connectivity index (χ4v) is 5.69. The molecule has 2 aliphatic heterocycles. The Bertz CT molecular complexity index is 1050. The lowest BCUT2D eigenvalue weighted by Gasteiger charge is -2.30. The maximum Gasteiger partial charge on any atom is 0.258 e. The van der Waals surface area contributed by atoms with Crippen molar-refractivity contribution in [2.45, 2.75) is 24.2 Å². The predicted molar refractivity (Wildman–Crippen MR) is 108 cm³/mol. The maximum absolute atomic E-state index is 14.4. The SMILES string of the molecule is O=C(c1ccc(Cl)c(S(=O)(=O)N2CCCCC2)c1)N1CCOc2cccc(F)c21. The summed E-state index contributed by atoms with van der Waals surface area (Å²) in [5.41, 5.74) is 0.181. The van der Waals surface area contributed by atoms with Crippen molar-refractivity contribution in [3.63, 3.8) is 0 Å². The second-order valence-electron chi connectivity index (χ2n) is 7.00. The summed E-state index contributed by atoms with van der Waals surface area (Å²) in [6.07, 6.45) is 2.57. The van der Waals surface area contributed by atoms with Gasteiger partial charge in [-0.2, -0.15) is 4.31 Å². The van der Waals surface area contributed by atoms with Gasteiger partial charge in [-0.25, -0.2) is 12.8 Å². The van der Waals surface area contributed by atoms with E-state index in [2.05, 4.69) is 0 Å². The summed E-state index contributed by atoms with van der Waals surface area (Å²) in [6, 6.07) is 8.48. The van der Waals surface area contributed by atoms with Gasteiger partial charge in [-0.3, -0.25) is 9.69 Å². The third-order valence-corrected chi connectivity index (χ3v) is 7.53. The van der Waals surface area contributed by atoms with Gasteiger partial charge in [0.15, 0.2) is 5.82 Å². The monoisotopic (exact) mass is 438 g/mol. The molecule has 0 bridgehead atoms. The summed E-state index contributed by atoms with van der Waals surface area (Å²) >= 11 is 6.19. The van der Waals surface area contributed by atoms with Crippen molar-refractivity contribution < 1.29 is 22.3 Å². The van der Waals surface area contributed by atoms with E-state index < -0.39 is 21.7 Å². The quantitative estimate of drug-likeness (QED) is 0.733. The van der Waals surface area contributed by atoms with E-state index in [1.54, 1.807) is 6.07 Å². The molecule has 0 saturated carbocycles. The van der Waals surface area contributed by atoms with Crippen molar-refractivity contribution in [1.29, 1.82) is 0 Å². The van der Waals surface area contributed by atoms with Gasteiger partial charge in [0.1, 0.15) is 22.9 Å². The number of nitrogens with zero attached hydrogens (tertiary/aromatic N) is 2. The predicted octanol–water partition coefficient (Wildman–Crippen LogP) is 3.69. The lowest BCUT2D eigenvalue weighted by Crippen LogP contribution is -2.39. The molecule has 2 heterocycles. The van der Waals surface area contributed by atoms with Crippen molar-refractivity contribution in [3.8, 4) is 5.75 Å². The van der Waals surface area contributed by atoms with E-state index >= 15 is 0 Å². The maximum atomic E-state index is 14.4. The van der Waals surface area contributed by atoms with Gasteiger partial charge in [-0.15, -0.1) is 0 Å². The summed E-state index contributed by atoms with van der Waals surface area (Å²) in [4.78, 5) is 14.3. The van der Waals surface area contributed by atoms with E-state index in [0.717, 1.165) is 19.3 Å². The summed E-state index contributed by atoms with van der Waals surface area (Å²) in [7, 11) is -3.82. The van der Waals surface area contributed by atoms with E-state index in [4.69, 9.17) is 16.3 Å². The first-order chi connectivity index (χ1) is 13.9. The molecular weight excluding hydrogens is 419 g/mol. The van der Waals surface area contributed by atoms with Gasteiger partial charge in [-0.05, 0) is 43.2 Å². The number of hydrogen-bond donors (Lipinski definition) is 0. The van der Waals surface area contributed by atoms with Crippen molar-refractivity contribution in [2.75, 3.05) is 31.1 Å². The van der Waals surface area contributed by atoms with Crippen LogP contribution in [0.3, 0.4) is 0 Å². The van der Waals surface area contributed by atoms with Gasteiger partial charge in [0.05, 0.1) is 11.6 Å². The Morgan fingerprint density at radius 1 is 1.07 bits per heavy atom. The lowest BCUT2D eigenvalue weighted by molar-refractivity contribution is 0.0975. The highest BCUT2D eigenvalue weighted by Crippen LogP contribution is 2.35. The van der Waals surface area contributed by atoms with Crippen LogP contribution in [0.2, 0.25) is 5.02 Å². The third-order valence-electron chi connectivity index (χ3n) is 5.15. The average Bonchev–Trinajstić information content (AvgIpc) is 2.74. The molecule has 0 aromatic heterocycles. The van der Waals surface area contributed by atoms with E-state index in [1.807, 2.05) is 0 Å². The van der Waals surface area contributed by atoms with E-state index in [-0.39, 0.29) is 40.1 Å². The molecule has 4 rings (SSSR count). The number of rotatable bonds is 3. The largest absolute Gasteiger partial charge is 0.489 e. The van der Waals surface area contributed by atoms with E-state index in [0.29, 0.717) is 13.1 Å². The minimum Gasteiger partial charge on any atom is -0.489 e. The summed E-state index contributed by atoms with van der Waals surface area (Å²) in [5.74, 6) is -0.809. The molecule has 6 nitrogen and oxygen atoms in total. The zero-order valence-electron chi connectivity index (χ0n) is 15.6. The number of hydrogen-bond acceptors (Lipinski definition) is 4. The Balaban J connectivity index is 1.71. The van der Waals surface area contributed by atoms with Gasteiger partial charge >= 0.3 is 0 Å². The van der Waals surface area contributed by atoms with E-state index in [1.165, 1.54) is 39.5 Å². The zero-order chi connectivity index (χ0) is 20.6. The highest BCUT2D eigenvalue weighted by Gasteiger charge is 2.31. The molecule has 29 heavy (non-hydrogen) atoms. The van der Waals surface area contributed by atoms with Crippen molar-refractivity contribution >= 4 is 33.2 Å². The van der Waals surface area contributed by atoms with Gasteiger partial charge in [-0.1, -0.05) is 24.1 Å². The fourth-order valence-electron chi connectivity index (χ4n) is 3.67. The second kappa shape index (κ2) is 7.93. The van der Waals surface area contributed by atoms with Crippen molar-refractivity contribution in [1.82, 2.24) is 4.31 Å². The minimum atomic E-state index is -3.82. The van der Waals surface area contributed by atoms with Crippen molar-refractivity contribution in [3.05, 3.63) is 52.8 Å². The molecule has 9 heteroatoms. The minimum absolute atomic E-state index is 0.0548. The highest BCUT2D eigenvalue weighted by molar-refractivity contribution is 7.89. The second-order valence-corrected chi connectivity index (χ2v) is 9.32. The van der Waals surface area contributed by atoms with Crippen LogP contribution < -0.4 is 9.64 Å². The summed E-state index contributed by atoms with van der Waals surface area (Å²) in [5, 5.41) is 0.0562. The molecule has 0 radical (unpaired) electrons. The molecule has 0 aliphatic carbocycles. The number of para-hydroxylation sites is 1. The Kier molecular flexibility index (Phi) is 5.50. The topological polar surface area (TPSA) is 66.9 Å². The molecule has 2 aliphatic rings. The normalized spacial score (nSPS) is 17.5. The number of anilines is 1. The van der Waals surface area contributed by atoms with Crippen LogP contribution in [0.15, 0.2) is 41.3 Å². The molecule has 154 valence electrons. The standard InChI is InChI=1S/C20H20ClFN2O4S/c21-15-8-7-14(13-18(15)29(26,27)23-9-2-1-3-10-23)20(25)24-11-12-28-17-6-4-5-16(22)19(17)24/h4-8,13H,1-3,9-12H2. The first-order valence-corrected chi connectivity index (χ1v) is 11.2. The van der Waals surface area contributed by atoms with Crippen LogP contribution in [0.1, 0.15) is 29.6 Å². The molecule has 2 aromatic rings. The number of sulfonamides is 1. The molecule has 0 atom stereocenters. The third kappa shape index (κ3) is 3.72. The number of fused-ring (bicyclic) bond motifs is 1. The molecule has 0 spiro atoms. The first-order valence-electron chi connectivity index (χ1n) is 9.42. The molecule has 1 fully saturated rings. The zero-order valence-corrected chi connectivity index (χ0v) is 17.2. The van der Waals surface area contributed by atoms with Gasteiger partial charge in [0, 0.05) is 18.7 Å².